The highest BCUT2D eigenvalue weighted by Crippen LogP contribution is 2.22. The molecule has 2 aliphatic rings. The van der Waals surface area contributed by atoms with Gasteiger partial charge in [0, 0.05) is 31.7 Å². The van der Waals surface area contributed by atoms with Crippen molar-refractivity contribution in [3.05, 3.63) is 0 Å². The fraction of sp³-hybridized carbons (Fsp3) is 0.929. The summed E-state index contributed by atoms with van der Waals surface area (Å²) in [5.74, 6) is 0.224. The smallest absolute Gasteiger partial charge is 0.236 e. The molecule has 1 amide bonds. The van der Waals surface area contributed by atoms with Gasteiger partial charge in [0.2, 0.25) is 5.91 Å². The van der Waals surface area contributed by atoms with Gasteiger partial charge in [-0.25, -0.2) is 0 Å². The first-order valence-electron chi connectivity index (χ1n) is 7.47. The number of carbonyl (C=O) groups excluding carboxylic acids is 1. The van der Waals surface area contributed by atoms with Crippen molar-refractivity contribution < 1.29 is 9.53 Å². The molecule has 0 aromatic heterocycles. The van der Waals surface area contributed by atoms with Crippen LogP contribution in [0, 0.1) is 0 Å². The van der Waals surface area contributed by atoms with E-state index in [4.69, 9.17) is 10.5 Å². The molecular weight excluding hydrogens is 242 g/mol. The van der Waals surface area contributed by atoms with E-state index in [0.29, 0.717) is 38.3 Å². The van der Waals surface area contributed by atoms with Crippen molar-refractivity contribution in [2.75, 3.05) is 32.8 Å². The molecule has 2 rings (SSSR count). The highest BCUT2D eigenvalue weighted by atomic mass is 16.5. The van der Waals surface area contributed by atoms with Crippen molar-refractivity contribution in [3.63, 3.8) is 0 Å². The van der Waals surface area contributed by atoms with Crippen LogP contribution in [0.25, 0.3) is 0 Å². The molecule has 5 heteroatoms. The fourth-order valence-electron chi connectivity index (χ4n) is 3.18. The Labute approximate surface area is 116 Å². The van der Waals surface area contributed by atoms with E-state index < -0.39 is 0 Å². The van der Waals surface area contributed by atoms with Gasteiger partial charge in [-0.15, -0.1) is 0 Å². The summed E-state index contributed by atoms with van der Waals surface area (Å²) in [6.07, 6.45) is 3.67. The van der Waals surface area contributed by atoms with Crippen LogP contribution in [0.15, 0.2) is 0 Å². The normalized spacial score (nSPS) is 33.4. The largest absolute Gasteiger partial charge is 0.375 e. The van der Waals surface area contributed by atoms with Gasteiger partial charge in [0.1, 0.15) is 0 Å². The fourth-order valence-corrected chi connectivity index (χ4v) is 3.18. The zero-order valence-electron chi connectivity index (χ0n) is 12.2. The quantitative estimate of drug-likeness (QED) is 0.807. The molecule has 3 unspecified atom stereocenters. The summed E-state index contributed by atoms with van der Waals surface area (Å²) in [7, 11) is 0. The van der Waals surface area contributed by atoms with Gasteiger partial charge in [0.15, 0.2) is 0 Å². The predicted molar refractivity (Wildman–Crippen MR) is 74.9 cm³/mol. The van der Waals surface area contributed by atoms with E-state index >= 15 is 0 Å². The van der Waals surface area contributed by atoms with Gasteiger partial charge in [0.25, 0.3) is 0 Å². The average Bonchev–Trinajstić information content (AvgIpc) is 2.41. The highest BCUT2D eigenvalue weighted by Gasteiger charge is 2.30. The van der Waals surface area contributed by atoms with Crippen LogP contribution in [0.4, 0.5) is 0 Å². The SMILES string of the molecule is CC1CN(C(=O)CN2C(C)CCCC2CN)CCO1. The average molecular weight is 269 g/mol. The van der Waals surface area contributed by atoms with Crippen LogP contribution >= 0.6 is 0 Å². The minimum Gasteiger partial charge on any atom is -0.375 e. The van der Waals surface area contributed by atoms with Gasteiger partial charge < -0.3 is 15.4 Å². The molecule has 19 heavy (non-hydrogen) atoms. The van der Waals surface area contributed by atoms with E-state index in [1.165, 1.54) is 12.8 Å². The van der Waals surface area contributed by atoms with Crippen LogP contribution in [0.2, 0.25) is 0 Å². The van der Waals surface area contributed by atoms with E-state index in [1.807, 2.05) is 11.8 Å². The molecule has 0 saturated carbocycles. The minimum absolute atomic E-state index is 0.154. The molecular formula is C14H27N3O2. The molecule has 2 aliphatic heterocycles. The van der Waals surface area contributed by atoms with Crippen LogP contribution in [0.3, 0.4) is 0 Å². The van der Waals surface area contributed by atoms with Crippen LogP contribution in [-0.2, 0) is 9.53 Å². The number of nitrogens with two attached hydrogens (primary N) is 1. The number of ether oxygens (including phenoxy) is 1. The van der Waals surface area contributed by atoms with Crippen LogP contribution in [0.5, 0.6) is 0 Å². The lowest BCUT2D eigenvalue weighted by Crippen LogP contribution is -2.54. The minimum atomic E-state index is 0.154. The summed E-state index contributed by atoms with van der Waals surface area (Å²) >= 11 is 0. The number of rotatable bonds is 3. The van der Waals surface area contributed by atoms with Gasteiger partial charge in [-0.1, -0.05) is 6.42 Å². The van der Waals surface area contributed by atoms with Crippen molar-refractivity contribution in [1.82, 2.24) is 9.80 Å². The Morgan fingerprint density at radius 3 is 2.84 bits per heavy atom. The van der Waals surface area contributed by atoms with Gasteiger partial charge >= 0.3 is 0 Å². The number of carbonyl (C=O) groups is 1. The van der Waals surface area contributed by atoms with Gasteiger partial charge in [0.05, 0.1) is 19.3 Å². The maximum absolute atomic E-state index is 12.4. The number of amides is 1. The Morgan fingerprint density at radius 2 is 2.16 bits per heavy atom. The van der Waals surface area contributed by atoms with Crippen molar-refractivity contribution in [2.45, 2.75) is 51.3 Å². The third-order valence-electron chi connectivity index (χ3n) is 4.38. The summed E-state index contributed by atoms with van der Waals surface area (Å²) in [5.41, 5.74) is 5.85. The molecule has 0 aromatic rings. The molecule has 0 bridgehead atoms. The molecule has 3 atom stereocenters. The number of morpholine rings is 1. The molecule has 0 radical (unpaired) electrons. The lowest BCUT2D eigenvalue weighted by Gasteiger charge is -2.41. The molecule has 0 aromatic carbocycles. The zero-order valence-corrected chi connectivity index (χ0v) is 12.2. The number of piperidine rings is 1. The van der Waals surface area contributed by atoms with E-state index in [0.717, 1.165) is 13.0 Å². The molecule has 5 nitrogen and oxygen atoms in total. The first-order valence-corrected chi connectivity index (χ1v) is 7.47. The van der Waals surface area contributed by atoms with Crippen molar-refractivity contribution in [2.24, 2.45) is 5.73 Å². The topological polar surface area (TPSA) is 58.8 Å². The van der Waals surface area contributed by atoms with Gasteiger partial charge in [-0.2, -0.15) is 0 Å². The van der Waals surface area contributed by atoms with Crippen LogP contribution < -0.4 is 5.73 Å². The molecule has 2 fully saturated rings. The standard InChI is InChI=1S/C14H27N3O2/c1-11-4-3-5-13(8-15)17(11)10-14(18)16-6-7-19-12(2)9-16/h11-13H,3-10,15H2,1-2H3. The Morgan fingerprint density at radius 1 is 1.37 bits per heavy atom. The predicted octanol–water partition coefficient (Wildman–Crippen LogP) is 0.435. The lowest BCUT2D eigenvalue weighted by atomic mass is 9.96. The molecule has 2 N–H and O–H groups in total. The Bertz CT molecular complexity index is 311. The summed E-state index contributed by atoms with van der Waals surface area (Å²) in [6, 6.07) is 0.830. The van der Waals surface area contributed by atoms with Gasteiger partial charge in [-0.05, 0) is 26.7 Å². The van der Waals surface area contributed by atoms with Crippen LogP contribution in [-0.4, -0.2) is 66.7 Å². The van der Waals surface area contributed by atoms with Crippen molar-refractivity contribution >= 4 is 5.91 Å². The molecule has 0 spiro atoms. The van der Waals surface area contributed by atoms with E-state index in [1.54, 1.807) is 0 Å². The first-order chi connectivity index (χ1) is 9.11. The molecule has 2 heterocycles. The lowest BCUT2D eigenvalue weighted by molar-refractivity contribution is -0.141. The number of nitrogens with zero attached hydrogens (tertiary/aromatic N) is 2. The second-order valence-electron chi connectivity index (χ2n) is 5.86. The monoisotopic (exact) mass is 269 g/mol. The maximum Gasteiger partial charge on any atom is 0.236 e. The summed E-state index contributed by atoms with van der Waals surface area (Å²) < 4.78 is 5.48. The summed E-state index contributed by atoms with van der Waals surface area (Å²) in [6.45, 7) is 7.48. The second-order valence-corrected chi connectivity index (χ2v) is 5.86. The maximum atomic E-state index is 12.4. The third kappa shape index (κ3) is 3.68. The highest BCUT2D eigenvalue weighted by molar-refractivity contribution is 5.78. The number of likely N-dealkylation sites (tertiary alicyclic amines) is 1. The Kier molecular flexibility index (Phi) is 5.19. The first kappa shape index (κ1) is 14.8. The van der Waals surface area contributed by atoms with Gasteiger partial charge in [-0.3, -0.25) is 9.69 Å². The molecule has 2 saturated heterocycles. The van der Waals surface area contributed by atoms with E-state index in [9.17, 15) is 4.79 Å². The van der Waals surface area contributed by atoms with Crippen LogP contribution in [0.1, 0.15) is 33.1 Å². The summed E-state index contributed by atoms with van der Waals surface area (Å²) in [4.78, 5) is 16.6. The zero-order chi connectivity index (χ0) is 13.8. The Hall–Kier alpha value is -0.650. The number of hydrogen-bond donors (Lipinski definition) is 1. The van der Waals surface area contributed by atoms with E-state index in [2.05, 4.69) is 11.8 Å². The van der Waals surface area contributed by atoms with Crippen molar-refractivity contribution in [1.29, 1.82) is 0 Å². The van der Waals surface area contributed by atoms with Crippen molar-refractivity contribution in [3.8, 4) is 0 Å². The summed E-state index contributed by atoms with van der Waals surface area (Å²) in [5, 5.41) is 0. The third-order valence-corrected chi connectivity index (χ3v) is 4.38. The van der Waals surface area contributed by atoms with E-state index in [-0.39, 0.29) is 12.0 Å². The second kappa shape index (κ2) is 6.68. The molecule has 110 valence electrons. The number of hydrogen-bond acceptors (Lipinski definition) is 4. The molecule has 0 aliphatic carbocycles. The Balaban J connectivity index is 1.92.